The zero-order chi connectivity index (χ0) is 15.2. The van der Waals surface area contributed by atoms with Gasteiger partial charge in [-0.15, -0.1) is 0 Å². The van der Waals surface area contributed by atoms with Gasteiger partial charge in [-0.25, -0.2) is 14.6 Å². The SMILES string of the molecule is CN(C(=O)Nc1ccc(C(=O)O)nc1)C1CCCCCC1. The molecule has 0 atom stereocenters. The molecule has 1 fully saturated rings. The maximum Gasteiger partial charge on any atom is 0.354 e. The Morgan fingerprint density at radius 3 is 2.43 bits per heavy atom. The van der Waals surface area contributed by atoms with Crippen molar-refractivity contribution in [2.45, 2.75) is 44.6 Å². The van der Waals surface area contributed by atoms with Gasteiger partial charge < -0.3 is 15.3 Å². The van der Waals surface area contributed by atoms with Crippen LogP contribution in [-0.4, -0.2) is 40.1 Å². The van der Waals surface area contributed by atoms with Crippen LogP contribution < -0.4 is 5.32 Å². The lowest BCUT2D eigenvalue weighted by molar-refractivity contribution is 0.0690. The Morgan fingerprint density at radius 2 is 1.90 bits per heavy atom. The summed E-state index contributed by atoms with van der Waals surface area (Å²) < 4.78 is 0. The Kier molecular flexibility index (Phi) is 5.14. The van der Waals surface area contributed by atoms with Crippen LogP contribution in [0.4, 0.5) is 10.5 Å². The van der Waals surface area contributed by atoms with Crippen LogP contribution in [0.5, 0.6) is 0 Å². The molecule has 0 spiro atoms. The summed E-state index contributed by atoms with van der Waals surface area (Å²) in [5.74, 6) is -1.08. The van der Waals surface area contributed by atoms with Crippen LogP contribution in [0.3, 0.4) is 0 Å². The average Bonchev–Trinajstić information content (AvgIpc) is 2.76. The van der Waals surface area contributed by atoms with E-state index in [2.05, 4.69) is 10.3 Å². The van der Waals surface area contributed by atoms with E-state index in [4.69, 9.17) is 5.11 Å². The Labute approximate surface area is 124 Å². The number of nitrogens with zero attached hydrogens (tertiary/aromatic N) is 2. The Bertz CT molecular complexity index is 493. The minimum Gasteiger partial charge on any atom is -0.477 e. The van der Waals surface area contributed by atoms with Gasteiger partial charge in [0.15, 0.2) is 0 Å². The van der Waals surface area contributed by atoms with E-state index in [9.17, 15) is 9.59 Å². The van der Waals surface area contributed by atoms with Crippen LogP contribution in [0, 0.1) is 0 Å². The minimum absolute atomic E-state index is 0.0369. The molecule has 6 heteroatoms. The first kappa shape index (κ1) is 15.3. The van der Waals surface area contributed by atoms with Crippen molar-refractivity contribution in [1.82, 2.24) is 9.88 Å². The highest BCUT2D eigenvalue weighted by atomic mass is 16.4. The summed E-state index contributed by atoms with van der Waals surface area (Å²) in [7, 11) is 1.81. The zero-order valence-electron chi connectivity index (χ0n) is 12.2. The fraction of sp³-hybridized carbons (Fsp3) is 0.533. The molecule has 1 aromatic heterocycles. The van der Waals surface area contributed by atoms with Gasteiger partial charge in [0, 0.05) is 13.1 Å². The molecule has 2 N–H and O–H groups in total. The molecule has 114 valence electrons. The van der Waals surface area contributed by atoms with Gasteiger partial charge in [-0.3, -0.25) is 0 Å². The summed E-state index contributed by atoms with van der Waals surface area (Å²) in [4.78, 5) is 28.5. The van der Waals surface area contributed by atoms with Crippen LogP contribution in [0.1, 0.15) is 49.0 Å². The molecule has 6 nitrogen and oxygen atoms in total. The van der Waals surface area contributed by atoms with Gasteiger partial charge in [0.25, 0.3) is 0 Å². The number of aromatic nitrogens is 1. The highest BCUT2D eigenvalue weighted by molar-refractivity contribution is 5.90. The number of anilines is 1. The number of carboxylic acid groups (broad SMARTS) is 1. The molecule has 0 bridgehead atoms. The molecule has 2 amide bonds. The standard InChI is InChI=1S/C15H21N3O3/c1-18(12-6-4-2-3-5-7-12)15(21)17-11-8-9-13(14(19)20)16-10-11/h8-10,12H,2-7H2,1H3,(H,17,21)(H,19,20). The van der Waals surface area contributed by atoms with Crippen LogP contribution in [0.15, 0.2) is 18.3 Å². The maximum atomic E-state index is 12.2. The number of amides is 2. The number of urea groups is 1. The van der Waals surface area contributed by atoms with E-state index in [-0.39, 0.29) is 17.8 Å². The third kappa shape index (κ3) is 4.18. The van der Waals surface area contributed by atoms with Crippen LogP contribution in [0.25, 0.3) is 0 Å². The van der Waals surface area contributed by atoms with Crippen molar-refractivity contribution in [3.8, 4) is 0 Å². The molecule has 21 heavy (non-hydrogen) atoms. The van der Waals surface area contributed by atoms with E-state index in [0.29, 0.717) is 5.69 Å². The Morgan fingerprint density at radius 1 is 1.24 bits per heavy atom. The highest BCUT2D eigenvalue weighted by Crippen LogP contribution is 2.21. The van der Waals surface area contributed by atoms with Crippen molar-refractivity contribution in [1.29, 1.82) is 0 Å². The monoisotopic (exact) mass is 291 g/mol. The smallest absolute Gasteiger partial charge is 0.354 e. The van der Waals surface area contributed by atoms with Crippen molar-refractivity contribution in [3.63, 3.8) is 0 Å². The van der Waals surface area contributed by atoms with Gasteiger partial charge in [0.2, 0.25) is 0 Å². The molecule has 0 aromatic carbocycles. The number of carbonyl (C=O) groups is 2. The summed E-state index contributed by atoms with van der Waals surface area (Å²) >= 11 is 0. The summed E-state index contributed by atoms with van der Waals surface area (Å²) in [6, 6.07) is 3.03. The second kappa shape index (κ2) is 7.06. The fourth-order valence-electron chi connectivity index (χ4n) is 2.62. The number of aromatic carboxylic acids is 1. The van der Waals surface area contributed by atoms with Crippen molar-refractivity contribution in [2.24, 2.45) is 0 Å². The number of carbonyl (C=O) groups excluding carboxylic acids is 1. The third-order valence-electron chi connectivity index (χ3n) is 3.93. The van der Waals surface area contributed by atoms with Crippen LogP contribution >= 0.6 is 0 Å². The predicted octanol–water partition coefficient (Wildman–Crippen LogP) is 2.97. The van der Waals surface area contributed by atoms with E-state index in [1.807, 2.05) is 7.05 Å². The first-order valence-corrected chi connectivity index (χ1v) is 7.31. The molecule has 0 aliphatic heterocycles. The van der Waals surface area contributed by atoms with Crippen molar-refractivity contribution in [3.05, 3.63) is 24.0 Å². The second-order valence-corrected chi connectivity index (χ2v) is 5.42. The highest BCUT2D eigenvalue weighted by Gasteiger charge is 2.21. The normalized spacial score (nSPS) is 16.0. The lowest BCUT2D eigenvalue weighted by Crippen LogP contribution is -2.39. The lowest BCUT2D eigenvalue weighted by atomic mass is 10.1. The molecule has 0 saturated heterocycles. The van der Waals surface area contributed by atoms with Gasteiger partial charge in [-0.05, 0) is 25.0 Å². The van der Waals surface area contributed by atoms with Gasteiger partial charge in [0.05, 0.1) is 11.9 Å². The molecule has 1 aromatic rings. The van der Waals surface area contributed by atoms with Crippen molar-refractivity contribution < 1.29 is 14.7 Å². The number of rotatable bonds is 3. The largest absolute Gasteiger partial charge is 0.477 e. The predicted molar refractivity (Wildman–Crippen MR) is 79.5 cm³/mol. The van der Waals surface area contributed by atoms with Gasteiger partial charge in [0.1, 0.15) is 5.69 Å². The summed E-state index contributed by atoms with van der Waals surface area (Å²) in [5.41, 5.74) is 0.468. The maximum absolute atomic E-state index is 12.2. The molecule has 2 rings (SSSR count). The molecule has 1 aliphatic carbocycles. The Hall–Kier alpha value is -2.11. The first-order valence-electron chi connectivity index (χ1n) is 7.31. The summed E-state index contributed by atoms with van der Waals surface area (Å²) in [6.07, 6.45) is 8.26. The van der Waals surface area contributed by atoms with Gasteiger partial charge in [-0.2, -0.15) is 0 Å². The first-order chi connectivity index (χ1) is 10.1. The lowest BCUT2D eigenvalue weighted by Gasteiger charge is -2.27. The number of carboxylic acids is 1. The number of hydrogen-bond acceptors (Lipinski definition) is 3. The van der Waals surface area contributed by atoms with Gasteiger partial charge >= 0.3 is 12.0 Å². The minimum atomic E-state index is -1.08. The number of pyridine rings is 1. The second-order valence-electron chi connectivity index (χ2n) is 5.42. The van der Waals surface area contributed by atoms with Crippen LogP contribution in [0.2, 0.25) is 0 Å². The van der Waals surface area contributed by atoms with E-state index >= 15 is 0 Å². The quantitative estimate of drug-likeness (QED) is 0.839. The molecule has 0 unspecified atom stereocenters. The Balaban J connectivity index is 1.94. The average molecular weight is 291 g/mol. The van der Waals surface area contributed by atoms with Crippen molar-refractivity contribution >= 4 is 17.7 Å². The van der Waals surface area contributed by atoms with Crippen LogP contribution in [-0.2, 0) is 0 Å². The van der Waals surface area contributed by atoms with E-state index in [1.165, 1.54) is 25.1 Å². The molecular weight excluding hydrogens is 270 g/mol. The van der Waals surface area contributed by atoms with E-state index in [1.54, 1.807) is 11.0 Å². The third-order valence-corrected chi connectivity index (χ3v) is 3.93. The number of nitrogens with one attached hydrogen (secondary N) is 1. The molecule has 1 heterocycles. The van der Waals surface area contributed by atoms with Crippen molar-refractivity contribution in [2.75, 3.05) is 12.4 Å². The van der Waals surface area contributed by atoms with Gasteiger partial charge in [-0.1, -0.05) is 25.7 Å². The van der Waals surface area contributed by atoms with E-state index < -0.39 is 5.97 Å². The summed E-state index contributed by atoms with van der Waals surface area (Å²) in [5, 5.41) is 11.5. The summed E-state index contributed by atoms with van der Waals surface area (Å²) in [6.45, 7) is 0. The topological polar surface area (TPSA) is 82.5 Å². The molecule has 1 aliphatic rings. The zero-order valence-corrected chi connectivity index (χ0v) is 12.2. The number of hydrogen-bond donors (Lipinski definition) is 2. The molecule has 1 saturated carbocycles. The van der Waals surface area contributed by atoms with E-state index in [0.717, 1.165) is 25.7 Å². The molecule has 0 radical (unpaired) electrons. The molecular formula is C15H21N3O3. The fourth-order valence-corrected chi connectivity index (χ4v) is 2.62.